The summed E-state index contributed by atoms with van der Waals surface area (Å²) in [4.78, 5) is 32.2. The van der Waals surface area contributed by atoms with Crippen LogP contribution < -0.4 is 5.56 Å². The maximum Gasteiger partial charge on any atom is 0.255 e. The Labute approximate surface area is 165 Å². The minimum Gasteiger partial charge on any atom is -0.372 e. The van der Waals surface area contributed by atoms with Crippen molar-refractivity contribution < 1.29 is 9.53 Å². The molecule has 1 aliphatic heterocycles. The predicted octanol–water partition coefficient (Wildman–Crippen LogP) is 1.63. The van der Waals surface area contributed by atoms with Crippen LogP contribution in [-0.4, -0.2) is 55.4 Å². The third-order valence-corrected chi connectivity index (χ3v) is 4.81. The molecule has 0 spiro atoms. The number of carbonyl (C=O) groups excluding carboxylic acids is 1. The molecule has 8 nitrogen and oxygen atoms in total. The van der Waals surface area contributed by atoms with Gasteiger partial charge in [-0.15, -0.1) is 0 Å². The van der Waals surface area contributed by atoms with E-state index in [-0.39, 0.29) is 30.2 Å². The zero-order chi connectivity index (χ0) is 20.4. The standard InChI is InChI=1S/C20H29N5O3/c1-6-7-17-9-18(26)24(20(21-17)25-14(3)8-13(2)22-25)12-19(27)23-10-15(4)28-16(5)11-23/h8-9,15-16H,6-7,10-12H2,1-5H3/t15-,16-/m1/s1. The van der Waals surface area contributed by atoms with Gasteiger partial charge < -0.3 is 9.64 Å². The predicted molar refractivity (Wildman–Crippen MR) is 106 cm³/mol. The summed E-state index contributed by atoms with van der Waals surface area (Å²) in [5, 5.41) is 4.48. The number of ether oxygens (including phenoxy) is 1. The van der Waals surface area contributed by atoms with Gasteiger partial charge in [0.2, 0.25) is 11.9 Å². The molecule has 8 heteroatoms. The lowest BCUT2D eigenvalue weighted by atomic mass is 10.2. The van der Waals surface area contributed by atoms with Gasteiger partial charge in [-0.3, -0.25) is 14.2 Å². The first-order valence-corrected chi connectivity index (χ1v) is 9.86. The van der Waals surface area contributed by atoms with Crippen LogP contribution in [0.3, 0.4) is 0 Å². The molecule has 1 fully saturated rings. The molecule has 2 aromatic rings. The second kappa shape index (κ2) is 8.26. The lowest BCUT2D eigenvalue weighted by Gasteiger charge is -2.35. The Morgan fingerprint density at radius 2 is 1.89 bits per heavy atom. The number of carbonyl (C=O) groups is 1. The van der Waals surface area contributed by atoms with Crippen molar-refractivity contribution in [3.05, 3.63) is 39.6 Å². The molecule has 3 heterocycles. The number of rotatable bonds is 5. The Balaban J connectivity index is 1.98. The molecular weight excluding hydrogens is 358 g/mol. The van der Waals surface area contributed by atoms with Crippen LogP contribution in [0.2, 0.25) is 0 Å². The summed E-state index contributed by atoms with van der Waals surface area (Å²) < 4.78 is 8.77. The molecule has 2 atom stereocenters. The normalized spacial score (nSPS) is 19.8. The van der Waals surface area contributed by atoms with Crippen molar-refractivity contribution in [1.29, 1.82) is 0 Å². The van der Waals surface area contributed by atoms with Crippen molar-refractivity contribution in [3.8, 4) is 5.95 Å². The van der Waals surface area contributed by atoms with Gasteiger partial charge >= 0.3 is 0 Å². The van der Waals surface area contributed by atoms with E-state index in [0.717, 1.165) is 17.8 Å². The Bertz CT molecular complexity index is 907. The number of aromatic nitrogens is 4. The molecule has 0 N–H and O–H groups in total. The average molecular weight is 387 g/mol. The van der Waals surface area contributed by atoms with E-state index in [2.05, 4.69) is 10.1 Å². The van der Waals surface area contributed by atoms with E-state index in [1.54, 1.807) is 9.58 Å². The number of aryl methyl sites for hydroxylation is 3. The largest absolute Gasteiger partial charge is 0.372 e. The highest BCUT2D eigenvalue weighted by Crippen LogP contribution is 2.14. The lowest BCUT2D eigenvalue weighted by Crippen LogP contribution is -2.49. The maximum absolute atomic E-state index is 12.9. The van der Waals surface area contributed by atoms with Gasteiger partial charge in [0.05, 0.1) is 17.9 Å². The fraction of sp³-hybridized carbons (Fsp3) is 0.600. The van der Waals surface area contributed by atoms with Crippen LogP contribution in [0, 0.1) is 13.8 Å². The Morgan fingerprint density at radius 1 is 1.21 bits per heavy atom. The highest BCUT2D eigenvalue weighted by Gasteiger charge is 2.27. The summed E-state index contributed by atoms with van der Waals surface area (Å²) in [5.74, 6) is 0.279. The molecule has 28 heavy (non-hydrogen) atoms. The summed E-state index contributed by atoms with van der Waals surface area (Å²) in [6.45, 7) is 10.7. The second-order valence-corrected chi connectivity index (χ2v) is 7.62. The summed E-state index contributed by atoms with van der Waals surface area (Å²) >= 11 is 0. The highest BCUT2D eigenvalue weighted by molar-refractivity contribution is 5.76. The van der Waals surface area contributed by atoms with Gasteiger partial charge in [-0.25, -0.2) is 9.67 Å². The van der Waals surface area contributed by atoms with E-state index in [0.29, 0.717) is 31.2 Å². The smallest absolute Gasteiger partial charge is 0.255 e. The van der Waals surface area contributed by atoms with Crippen LogP contribution in [0.25, 0.3) is 5.95 Å². The van der Waals surface area contributed by atoms with Crippen molar-refractivity contribution in [2.75, 3.05) is 13.1 Å². The highest BCUT2D eigenvalue weighted by atomic mass is 16.5. The molecule has 0 bridgehead atoms. The molecular formula is C20H29N5O3. The van der Waals surface area contributed by atoms with Crippen LogP contribution in [-0.2, 0) is 22.5 Å². The van der Waals surface area contributed by atoms with Gasteiger partial charge in [-0.1, -0.05) is 13.3 Å². The summed E-state index contributed by atoms with van der Waals surface area (Å²) in [5.41, 5.74) is 2.19. The molecule has 0 aromatic carbocycles. The molecule has 0 saturated carbocycles. The molecule has 3 rings (SSSR count). The van der Waals surface area contributed by atoms with Crippen LogP contribution in [0.1, 0.15) is 44.3 Å². The molecule has 0 unspecified atom stereocenters. The first kappa shape index (κ1) is 20.3. The van der Waals surface area contributed by atoms with E-state index >= 15 is 0 Å². The molecule has 1 aliphatic rings. The number of hydrogen-bond acceptors (Lipinski definition) is 5. The van der Waals surface area contributed by atoms with Gasteiger partial charge in [0.15, 0.2) is 0 Å². The number of hydrogen-bond donors (Lipinski definition) is 0. The summed E-state index contributed by atoms with van der Waals surface area (Å²) in [6, 6.07) is 3.45. The number of morpholine rings is 1. The van der Waals surface area contributed by atoms with Crippen LogP contribution in [0.4, 0.5) is 0 Å². The minimum atomic E-state index is -0.233. The van der Waals surface area contributed by atoms with Crippen molar-refractivity contribution in [2.24, 2.45) is 0 Å². The van der Waals surface area contributed by atoms with E-state index in [9.17, 15) is 9.59 Å². The SMILES string of the molecule is CCCc1cc(=O)n(CC(=O)N2C[C@@H](C)O[C@H](C)C2)c(-n2nc(C)cc2C)n1. The number of amides is 1. The number of nitrogens with zero attached hydrogens (tertiary/aromatic N) is 5. The lowest BCUT2D eigenvalue weighted by molar-refractivity contribution is -0.143. The van der Waals surface area contributed by atoms with Crippen molar-refractivity contribution in [3.63, 3.8) is 0 Å². The third kappa shape index (κ3) is 4.32. The maximum atomic E-state index is 12.9. The molecule has 152 valence electrons. The Hall–Kier alpha value is -2.48. The Morgan fingerprint density at radius 3 is 2.46 bits per heavy atom. The zero-order valence-corrected chi connectivity index (χ0v) is 17.3. The molecule has 2 aromatic heterocycles. The van der Waals surface area contributed by atoms with Crippen LogP contribution >= 0.6 is 0 Å². The molecule has 1 saturated heterocycles. The summed E-state index contributed by atoms with van der Waals surface area (Å²) in [7, 11) is 0. The molecule has 1 amide bonds. The molecule has 0 aliphatic carbocycles. The van der Waals surface area contributed by atoms with Gasteiger partial charge in [0.25, 0.3) is 5.56 Å². The third-order valence-electron chi connectivity index (χ3n) is 4.81. The van der Waals surface area contributed by atoms with Gasteiger partial charge in [-0.05, 0) is 40.2 Å². The van der Waals surface area contributed by atoms with E-state index in [4.69, 9.17) is 4.74 Å². The Kier molecular flexibility index (Phi) is 5.98. The first-order valence-electron chi connectivity index (χ1n) is 9.86. The quantitative estimate of drug-likeness (QED) is 0.779. The van der Waals surface area contributed by atoms with E-state index in [1.807, 2.05) is 40.7 Å². The van der Waals surface area contributed by atoms with Crippen LogP contribution in [0.5, 0.6) is 0 Å². The van der Waals surface area contributed by atoms with Crippen molar-refractivity contribution in [1.82, 2.24) is 24.2 Å². The van der Waals surface area contributed by atoms with Gasteiger partial charge in [0.1, 0.15) is 6.54 Å². The fourth-order valence-electron chi connectivity index (χ4n) is 3.68. The first-order chi connectivity index (χ1) is 13.3. The van der Waals surface area contributed by atoms with Gasteiger partial charge in [-0.2, -0.15) is 5.10 Å². The average Bonchev–Trinajstić information content (AvgIpc) is 2.94. The zero-order valence-electron chi connectivity index (χ0n) is 17.3. The summed E-state index contributed by atoms with van der Waals surface area (Å²) in [6.07, 6.45) is 1.54. The van der Waals surface area contributed by atoms with Crippen LogP contribution in [0.15, 0.2) is 16.9 Å². The molecule has 0 radical (unpaired) electrons. The van der Waals surface area contributed by atoms with E-state index in [1.165, 1.54) is 10.6 Å². The van der Waals surface area contributed by atoms with Gasteiger partial charge in [0, 0.05) is 30.5 Å². The fourth-order valence-corrected chi connectivity index (χ4v) is 3.68. The van der Waals surface area contributed by atoms with Crippen molar-refractivity contribution in [2.45, 2.75) is 66.2 Å². The van der Waals surface area contributed by atoms with Crippen molar-refractivity contribution >= 4 is 5.91 Å². The second-order valence-electron chi connectivity index (χ2n) is 7.62. The topological polar surface area (TPSA) is 82.3 Å². The monoisotopic (exact) mass is 387 g/mol. The minimum absolute atomic E-state index is 0.0232. The van der Waals surface area contributed by atoms with E-state index < -0.39 is 0 Å².